The molecule has 1 aliphatic heterocycles. The van der Waals surface area contributed by atoms with E-state index in [1.54, 1.807) is 31.1 Å². The fraction of sp³-hybridized carbons (Fsp3) is 0.533. The zero-order valence-corrected chi connectivity index (χ0v) is 11.6. The maximum Gasteiger partial charge on any atom is 0.226 e. The molecule has 0 aromatic heterocycles. The average Bonchev–Trinajstić information content (AvgIpc) is 2.38. The van der Waals surface area contributed by atoms with Gasteiger partial charge in [-0.25, -0.2) is 4.39 Å². The van der Waals surface area contributed by atoms with Crippen LogP contribution in [0.15, 0.2) is 24.3 Å². The van der Waals surface area contributed by atoms with Gasteiger partial charge < -0.3 is 4.90 Å². The van der Waals surface area contributed by atoms with E-state index in [-0.39, 0.29) is 17.6 Å². The van der Waals surface area contributed by atoms with Crippen molar-refractivity contribution in [1.82, 2.24) is 9.80 Å². The molecule has 1 amide bonds. The fourth-order valence-corrected chi connectivity index (χ4v) is 2.66. The number of rotatable bonds is 3. The number of benzene rings is 1. The normalized spacial score (nSPS) is 20.3. The van der Waals surface area contributed by atoms with Crippen molar-refractivity contribution in [3.8, 4) is 0 Å². The summed E-state index contributed by atoms with van der Waals surface area (Å²) in [6.07, 6.45) is 1.98. The Morgan fingerprint density at radius 1 is 1.47 bits per heavy atom. The Morgan fingerprint density at radius 2 is 2.26 bits per heavy atom. The van der Waals surface area contributed by atoms with Crippen LogP contribution >= 0.6 is 0 Å². The molecule has 1 fully saturated rings. The van der Waals surface area contributed by atoms with E-state index >= 15 is 0 Å². The number of hydrogen-bond acceptors (Lipinski definition) is 2. The third kappa shape index (κ3) is 3.77. The molecule has 104 valence electrons. The largest absolute Gasteiger partial charge is 0.349 e. The van der Waals surface area contributed by atoms with E-state index in [1.165, 1.54) is 6.07 Å². The molecule has 1 aliphatic rings. The summed E-state index contributed by atoms with van der Waals surface area (Å²) in [6, 6.07) is 6.69. The first-order chi connectivity index (χ1) is 9.06. The van der Waals surface area contributed by atoms with E-state index in [4.69, 9.17) is 0 Å². The second-order valence-corrected chi connectivity index (χ2v) is 5.44. The molecule has 19 heavy (non-hydrogen) atoms. The van der Waals surface area contributed by atoms with Crippen LogP contribution in [-0.4, -0.2) is 42.9 Å². The molecule has 1 saturated heterocycles. The molecule has 1 aromatic rings. The van der Waals surface area contributed by atoms with Gasteiger partial charge in [-0.05, 0) is 37.1 Å². The summed E-state index contributed by atoms with van der Waals surface area (Å²) in [7, 11) is 3.60. The molecule has 3 nitrogen and oxygen atoms in total. The van der Waals surface area contributed by atoms with Crippen molar-refractivity contribution < 1.29 is 9.18 Å². The lowest BCUT2D eigenvalue weighted by Crippen LogP contribution is -2.42. The standard InChI is InChI=1S/C15H21FN2O/c1-17(2)15(19)13-6-4-8-18(11-13)10-12-5-3-7-14(16)9-12/h3,5,7,9,13H,4,6,8,10-11H2,1-2H3. The lowest BCUT2D eigenvalue weighted by atomic mass is 9.96. The molecule has 0 N–H and O–H groups in total. The highest BCUT2D eigenvalue weighted by Crippen LogP contribution is 2.20. The minimum atomic E-state index is -0.199. The first kappa shape index (κ1) is 14.0. The van der Waals surface area contributed by atoms with Crippen molar-refractivity contribution in [3.05, 3.63) is 35.6 Å². The average molecular weight is 264 g/mol. The minimum Gasteiger partial charge on any atom is -0.349 e. The molecular formula is C15H21FN2O. The fourth-order valence-electron chi connectivity index (χ4n) is 2.66. The van der Waals surface area contributed by atoms with Crippen LogP contribution in [0.4, 0.5) is 4.39 Å². The first-order valence-electron chi connectivity index (χ1n) is 6.74. The molecule has 0 spiro atoms. The van der Waals surface area contributed by atoms with Crippen LogP contribution in [0.25, 0.3) is 0 Å². The third-order valence-electron chi connectivity index (χ3n) is 3.59. The van der Waals surface area contributed by atoms with Gasteiger partial charge >= 0.3 is 0 Å². The van der Waals surface area contributed by atoms with Crippen LogP contribution in [0.2, 0.25) is 0 Å². The number of nitrogens with zero attached hydrogens (tertiary/aromatic N) is 2. The number of amides is 1. The lowest BCUT2D eigenvalue weighted by Gasteiger charge is -2.33. The molecular weight excluding hydrogens is 243 g/mol. The Kier molecular flexibility index (Phi) is 4.53. The van der Waals surface area contributed by atoms with Crippen LogP contribution in [0.3, 0.4) is 0 Å². The zero-order chi connectivity index (χ0) is 13.8. The second-order valence-electron chi connectivity index (χ2n) is 5.44. The number of carbonyl (C=O) groups excluding carboxylic acids is 1. The van der Waals surface area contributed by atoms with Gasteiger partial charge in [-0.15, -0.1) is 0 Å². The molecule has 1 unspecified atom stereocenters. The van der Waals surface area contributed by atoms with Gasteiger partial charge in [0.15, 0.2) is 0 Å². The van der Waals surface area contributed by atoms with E-state index in [9.17, 15) is 9.18 Å². The van der Waals surface area contributed by atoms with E-state index in [2.05, 4.69) is 4.90 Å². The number of piperidine rings is 1. The molecule has 1 heterocycles. The first-order valence-corrected chi connectivity index (χ1v) is 6.74. The van der Waals surface area contributed by atoms with Gasteiger partial charge in [0, 0.05) is 27.2 Å². The highest BCUT2D eigenvalue weighted by molar-refractivity contribution is 5.78. The Morgan fingerprint density at radius 3 is 2.95 bits per heavy atom. The Bertz CT molecular complexity index is 448. The molecule has 1 aromatic carbocycles. The molecule has 1 atom stereocenters. The van der Waals surface area contributed by atoms with Crippen molar-refractivity contribution in [2.75, 3.05) is 27.2 Å². The van der Waals surface area contributed by atoms with E-state index in [0.29, 0.717) is 0 Å². The minimum absolute atomic E-state index is 0.0808. The summed E-state index contributed by atoms with van der Waals surface area (Å²) in [6.45, 7) is 2.47. The van der Waals surface area contributed by atoms with Crippen LogP contribution < -0.4 is 0 Å². The number of likely N-dealkylation sites (tertiary alicyclic amines) is 1. The molecule has 0 aliphatic carbocycles. The lowest BCUT2D eigenvalue weighted by molar-refractivity contribution is -0.134. The highest BCUT2D eigenvalue weighted by Gasteiger charge is 2.26. The van der Waals surface area contributed by atoms with Gasteiger partial charge in [0.05, 0.1) is 5.92 Å². The Hall–Kier alpha value is -1.42. The maximum absolute atomic E-state index is 13.2. The van der Waals surface area contributed by atoms with Crippen LogP contribution in [0, 0.1) is 11.7 Å². The number of carbonyl (C=O) groups is 1. The van der Waals surface area contributed by atoms with Crippen molar-refractivity contribution in [2.45, 2.75) is 19.4 Å². The van der Waals surface area contributed by atoms with Gasteiger partial charge in [-0.2, -0.15) is 0 Å². The van der Waals surface area contributed by atoms with Gasteiger partial charge in [-0.1, -0.05) is 12.1 Å². The molecule has 0 radical (unpaired) electrons. The SMILES string of the molecule is CN(C)C(=O)C1CCCN(Cc2cccc(F)c2)C1. The number of hydrogen-bond donors (Lipinski definition) is 0. The van der Waals surface area contributed by atoms with E-state index in [1.807, 2.05) is 6.07 Å². The van der Waals surface area contributed by atoms with Crippen molar-refractivity contribution in [3.63, 3.8) is 0 Å². The van der Waals surface area contributed by atoms with Gasteiger partial charge in [0.25, 0.3) is 0 Å². The molecule has 4 heteroatoms. The predicted octanol–water partition coefficient (Wildman–Crippen LogP) is 2.13. The van der Waals surface area contributed by atoms with E-state index in [0.717, 1.165) is 38.0 Å². The third-order valence-corrected chi connectivity index (χ3v) is 3.59. The summed E-state index contributed by atoms with van der Waals surface area (Å²) in [5.41, 5.74) is 0.970. The van der Waals surface area contributed by atoms with Crippen LogP contribution in [-0.2, 0) is 11.3 Å². The smallest absolute Gasteiger partial charge is 0.226 e. The maximum atomic E-state index is 13.2. The van der Waals surface area contributed by atoms with Gasteiger partial charge in [-0.3, -0.25) is 9.69 Å². The van der Waals surface area contributed by atoms with Crippen molar-refractivity contribution >= 4 is 5.91 Å². The van der Waals surface area contributed by atoms with Gasteiger partial charge in [0.2, 0.25) is 5.91 Å². The summed E-state index contributed by atoms with van der Waals surface area (Å²) >= 11 is 0. The van der Waals surface area contributed by atoms with Gasteiger partial charge in [0.1, 0.15) is 5.82 Å². The molecule has 0 bridgehead atoms. The quantitative estimate of drug-likeness (QED) is 0.835. The Balaban J connectivity index is 1.96. The van der Waals surface area contributed by atoms with Crippen molar-refractivity contribution in [1.29, 1.82) is 0 Å². The highest BCUT2D eigenvalue weighted by atomic mass is 19.1. The van der Waals surface area contributed by atoms with E-state index < -0.39 is 0 Å². The van der Waals surface area contributed by atoms with Crippen LogP contribution in [0.5, 0.6) is 0 Å². The molecule has 0 saturated carbocycles. The number of halogens is 1. The Labute approximate surface area is 114 Å². The summed E-state index contributed by atoms with van der Waals surface area (Å²) in [4.78, 5) is 15.9. The molecule has 2 rings (SSSR count). The summed E-state index contributed by atoms with van der Waals surface area (Å²) < 4.78 is 13.2. The van der Waals surface area contributed by atoms with Crippen molar-refractivity contribution in [2.24, 2.45) is 5.92 Å². The monoisotopic (exact) mass is 264 g/mol. The summed E-state index contributed by atoms with van der Waals surface area (Å²) in [5.74, 6) is 0.0803. The second kappa shape index (κ2) is 6.15. The predicted molar refractivity (Wildman–Crippen MR) is 73.1 cm³/mol. The summed E-state index contributed by atoms with van der Waals surface area (Å²) in [5, 5.41) is 0. The topological polar surface area (TPSA) is 23.6 Å². The van der Waals surface area contributed by atoms with Crippen LogP contribution in [0.1, 0.15) is 18.4 Å². The zero-order valence-electron chi connectivity index (χ0n) is 11.6.